The van der Waals surface area contributed by atoms with Crippen LogP contribution in [-0.4, -0.2) is 22.4 Å². The molecule has 1 saturated carbocycles. The average molecular weight is 338 g/mol. The van der Waals surface area contributed by atoms with Gasteiger partial charge >= 0.3 is 6.03 Å². The molecule has 1 aromatic carbocycles. The van der Waals surface area contributed by atoms with Crippen molar-refractivity contribution in [3.8, 4) is 0 Å². The molecule has 2 amide bonds. The third kappa shape index (κ3) is 2.92. The number of nitrogens with one attached hydrogen (secondary N) is 2. The van der Waals surface area contributed by atoms with E-state index in [0.717, 1.165) is 24.2 Å². The predicted octanol–water partition coefficient (Wildman–Crippen LogP) is 2.69. The van der Waals surface area contributed by atoms with Gasteiger partial charge in [-0.1, -0.05) is 31.2 Å². The van der Waals surface area contributed by atoms with E-state index < -0.39 is 0 Å². The van der Waals surface area contributed by atoms with Crippen molar-refractivity contribution in [3.05, 3.63) is 52.8 Å². The Bertz CT molecular complexity index is 797. The molecule has 2 unspecified atom stereocenters. The highest BCUT2D eigenvalue weighted by Gasteiger charge is 2.57. The molecule has 2 aliphatic rings. The molecule has 1 fully saturated rings. The van der Waals surface area contributed by atoms with Crippen LogP contribution in [-0.2, 0) is 31.8 Å². The van der Waals surface area contributed by atoms with Crippen LogP contribution in [0.2, 0.25) is 0 Å². The third-order valence-corrected chi connectivity index (χ3v) is 5.90. The molecule has 5 nitrogen and oxygen atoms in total. The minimum atomic E-state index is -0.0840. The summed E-state index contributed by atoms with van der Waals surface area (Å²) in [5, 5.41) is 10.4. The number of nitrogens with zero attached hydrogens (tertiary/aromatic N) is 2. The Morgan fingerprint density at radius 1 is 1.36 bits per heavy atom. The minimum Gasteiger partial charge on any atom is -0.338 e. The number of amides is 2. The first-order chi connectivity index (χ1) is 12.1. The van der Waals surface area contributed by atoms with Gasteiger partial charge in [0, 0.05) is 37.3 Å². The summed E-state index contributed by atoms with van der Waals surface area (Å²) in [6.45, 7) is 3.37. The van der Waals surface area contributed by atoms with Crippen molar-refractivity contribution >= 4 is 6.03 Å². The van der Waals surface area contributed by atoms with Gasteiger partial charge in [-0.05, 0) is 42.7 Å². The molecule has 25 heavy (non-hydrogen) atoms. The highest BCUT2D eigenvalue weighted by atomic mass is 16.2. The second kappa shape index (κ2) is 6.21. The molecule has 1 aromatic heterocycles. The van der Waals surface area contributed by atoms with Gasteiger partial charge in [0.2, 0.25) is 0 Å². The smallest absolute Gasteiger partial charge is 0.315 e. The lowest BCUT2D eigenvalue weighted by Crippen LogP contribution is -2.37. The van der Waals surface area contributed by atoms with Gasteiger partial charge in [0.05, 0.1) is 5.69 Å². The van der Waals surface area contributed by atoms with Gasteiger partial charge in [-0.15, -0.1) is 0 Å². The fourth-order valence-electron chi connectivity index (χ4n) is 4.48. The SMILES string of the molecule is CCc1nn(C)cc1CNC(=O)NCC1CC12CCc1ccccc12. The number of carbonyl (C=O) groups is 1. The lowest BCUT2D eigenvalue weighted by atomic mass is 9.95. The number of urea groups is 1. The second-order valence-electron chi connectivity index (χ2n) is 7.41. The summed E-state index contributed by atoms with van der Waals surface area (Å²) in [5.74, 6) is 0.575. The van der Waals surface area contributed by atoms with E-state index in [1.54, 1.807) is 4.68 Å². The van der Waals surface area contributed by atoms with E-state index in [9.17, 15) is 4.79 Å². The van der Waals surface area contributed by atoms with Gasteiger partial charge in [0.25, 0.3) is 0 Å². The Morgan fingerprint density at radius 2 is 2.20 bits per heavy atom. The number of fused-ring (bicyclic) bond motifs is 2. The summed E-state index contributed by atoms with van der Waals surface area (Å²) < 4.78 is 1.80. The number of aromatic nitrogens is 2. The van der Waals surface area contributed by atoms with Crippen LogP contribution in [0.5, 0.6) is 0 Å². The molecule has 0 saturated heterocycles. The summed E-state index contributed by atoms with van der Waals surface area (Å²) in [7, 11) is 1.91. The van der Waals surface area contributed by atoms with E-state index in [-0.39, 0.29) is 6.03 Å². The zero-order valence-corrected chi connectivity index (χ0v) is 15.0. The van der Waals surface area contributed by atoms with E-state index in [0.29, 0.717) is 17.9 Å². The van der Waals surface area contributed by atoms with Crippen molar-refractivity contribution in [2.45, 2.75) is 44.6 Å². The van der Waals surface area contributed by atoms with Crippen molar-refractivity contribution in [2.75, 3.05) is 6.54 Å². The van der Waals surface area contributed by atoms with Gasteiger partial charge < -0.3 is 10.6 Å². The first kappa shape index (κ1) is 16.2. The number of hydrogen-bond acceptors (Lipinski definition) is 2. The molecular weight excluding hydrogens is 312 g/mol. The fraction of sp³-hybridized carbons (Fsp3) is 0.500. The van der Waals surface area contributed by atoms with Crippen LogP contribution in [0, 0.1) is 5.92 Å². The maximum atomic E-state index is 12.2. The number of hydrogen-bond donors (Lipinski definition) is 2. The number of benzene rings is 1. The number of carbonyl (C=O) groups excluding carboxylic acids is 1. The molecule has 0 bridgehead atoms. The zero-order valence-electron chi connectivity index (χ0n) is 15.0. The van der Waals surface area contributed by atoms with Gasteiger partial charge in [0.1, 0.15) is 0 Å². The Labute approximate surface area is 148 Å². The molecule has 2 atom stereocenters. The van der Waals surface area contributed by atoms with Gasteiger partial charge in [-0.25, -0.2) is 4.79 Å². The Kier molecular flexibility index (Phi) is 4.02. The van der Waals surface area contributed by atoms with Crippen molar-refractivity contribution in [1.29, 1.82) is 0 Å². The molecule has 0 aliphatic heterocycles. The standard InChI is InChI=1S/C20H26N4O/c1-3-18-15(13-24(2)23-18)11-21-19(25)22-12-16-10-20(16)9-8-14-6-4-5-7-17(14)20/h4-7,13,16H,3,8-12H2,1-2H3,(H2,21,22,25). The lowest BCUT2D eigenvalue weighted by molar-refractivity contribution is 0.239. The maximum Gasteiger partial charge on any atom is 0.315 e. The molecule has 2 N–H and O–H groups in total. The monoisotopic (exact) mass is 338 g/mol. The van der Waals surface area contributed by atoms with Gasteiger partial charge in [-0.3, -0.25) is 4.68 Å². The second-order valence-corrected chi connectivity index (χ2v) is 7.41. The van der Waals surface area contributed by atoms with E-state index in [1.165, 1.54) is 30.4 Å². The normalized spacial score (nSPS) is 23.5. The van der Waals surface area contributed by atoms with Crippen LogP contribution in [0.4, 0.5) is 4.79 Å². The fourth-order valence-corrected chi connectivity index (χ4v) is 4.48. The molecule has 2 aromatic rings. The topological polar surface area (TPSA) is 59.0 Å². The Hall–Kier alpha value is -2.30. The summed E-state index contributed by atoms with van der Waals surface area (Å²) in [4.78, 5) is 12.2. The summed E-state index contributed by atoms with van der Waals surface area (Å²) >= 11 is 0. The van der Waals surface area contributed by atoms with Crippen molar-refractivity contribution in [3.63, 3.8) is 0 Å². The van der Waals surface area contributed by atoms with E-state index in [2.05, 4.69) is 46.9 Å². The first-order valence-corrected chi connectivity index (χ1v) is 9.24. The van der Waals surface area contributed by atoms with Crippen LogP contribution in [0.3, 0.4) is 0 Å². The van der Waals surface area contributed by atoms with Crippen LogP contribution < -0.4 is 10.6 Å². The van der Waals surface area contributed by atoms with Crippen LogP contribution in [0.15, 0.2) is 30.5 Å². The summed E-state index contributed by atoms with van der Waals surface area (Å²) in [6, 6.07) is 8.71. The van der Waals surface area contributed by atoms with Crippen LogP contribution in [0.25, 0.3) is 0 Å². The van der Waals surface area contributed by atoms with E-state index in [1.807, 2.05) is 13.2 Å². The van der Waals surface area contributed by atoms with Crippen LogP contribution in [0.1, 0.15) is 42.1 Å². The minimum absolute atomic E-state index is 0.0840. The van der Waals surface area contributed by atoms with E-state index >= 15 is 0 Å². The molecule has 1 spiro atoms. The molecule has 4 rings (SSSR count). The van der Waals surface area contributed by atoms with Crippen LogP contribution >= 0.6 is 0 Å². The highest BCUT2D eigenvalue weighted by Crippen LogP contribution is 2.61. The number of rotatable bonds is 5. The predicted molar refractivity (Wildman–Crippen MR) is 97.4 cm³/mol. The summed E-state index contributed by atoms with van der Waals surface area (Å²) in [5.41, 5.74) is 5.49. The highest BCUT2D eigenvalue weighted by molar-refractivity contribution is 5.74. The molecule has 2 aliphatic carbocycles. The molecular formula is C20H26N4O. The van der Waals surface area contributed by atoms with Crippen molar-refractivity contribution in [2.24, 2.45) is 13.0 Å². The molecule has 1 heterocycles. The Morgan fingerprint density at radius 3 is 3.04 bits per heavy atom. The third-order valence-electron chi connectivity index (χ3n) is 5.90. The van der Waals surface area contributed by atoms with Gasteiger partial charge in [-0.2, -0.15) is 5.10 Å². The number of aryl methyl sites for hydroxylation is 3. The lowest BCUT2D eigenvalue weighted by Gasteiger charge is -2.12. The molecule has 0 radical (unpaired) electrons. The molecule has 5 heteroatoms. The average Bonchev–Trinajstić information content (AvgIpc) is 3.01. The maximum absolute atomic E-state index is 12.2. The zero-order chi connectivity index (χ0) is 17.4. The van der Waals surface area contributed by atoms with Crippen molar-refractivity contribution < 1.29 is 4.79 Å². The first-order valence-electron chi connectivity index (χ1n) is 9.24. The van der Waals surface area contributed by atoms with E-state index in [4.69, 9.17) is 0 Å². The largest absolute Gasteiger partial charge is 0.338 e. The summed E-state index contributed by atoms with van der Waals surface area (Å²) in [6.07, 6.45) is 6.47. The van der Waals surface area contributed by atoms with Gasteiger partial charge in [0.15, 0.2) is 0 Å². The Balaban J connectivity index is 1.28. The molecule has 132 valence electrons. The quantitative estimate of drug-likeness (QED) is 0.880. The van der Waals surface area contributed by atoms with Crippen molar-refractivity contribution in [1.82, 2.24) is 20.4 Å².